The quantitative estimate of drug-likeness (QED) is 0.397. The van der Waals surface area contributed by atoms with Crippen LogP contribution >= 0.6 is 11.3 Å². The fraction of sp³-hybridized carbons (Fsp3) is 0.435. The van der Waals surface area contributed by atoms with Gasteiger partial charge in [-0.1, -0.05) is 12.1 Å². The lowest BCUT2D eigenvalue weighted by molar-refractivity contribution is 0.794. The number of guanidine groups is 1. The number of hydrogen-bond acceptors (Lipinski definition) is 5. The third-order valence-corrected chi connectivity index (χ3v) is 6.26. The molecule has 164 valence electrons. The molecule has 2 aromatic heterocycles. The third kappa shape index (κ3) is 6.07. The monoisotopic (exact) mass is 437 g/mol. The van der Waals surface area contributed by atoms with Crippen LogP contribution < -0.4 is 15.5 Å². The first-order chi connectivity index (χ1) is 15.3. The normalized spacial score (nSPS) is 14.2. The maximum absolute atomic E-state index is 4.79. The van der Waals surface area contributed by atoms with Crippen LogP contribution in [-0.2, 0) is 12.8 Å². The first-order valence-corrected chi connectivity index (χ1v) is 12.0. The van der Waals surface area contributed by atoms with E-state index in [-0.39, 0.29) is 0 Å². The molecule has 2 N–H and O–H groups in total. The topological polar surface area (TPSA) is 70.4 Å². The molecule has 31 heavy (non-hydrogen) atoms. The van der Waals surface area contributed by atoms with Gasteiger partial charge in [0.2, 0.25) is 0 Å². The molecule has 0 unspecified atom stereocenters. The summed E-state index contributed by atoms with van der Waals surface area (Å²) in [7, 11) is 0. The zero-order valence-electron chi connectivity index (χ0n) is 18.1. The predicted molar refractivity (Wildman–Crippen MR) is 129 cm³/mol. The van der Waals surface area contributed by atoms with Gasteiger partial charge >= 0.3 is 0 Å². The van der Waals surface area contributed by atoms with E-state index in [1.807, 2.05) is 16.9 Å². The number of aliphatic imine (C=N–C) groups is 1. The molecule has 3 aromatic rings. The smallest absolute Gasteiger partial charge is 0.191 e. The van der Waals surface area contributed by atoms with Crippen molar-refractivity contribution in [3.8, 4) is 5.69 Å². The Hall–Kier alpha value is -2.87. The van der Waals surface area contributed by atoms with Crippen LogP contribution in [0.4, 0.5) is 5.13 Å². The molecule has 1 saturated heterocycles. The van der Waals surface area contributed by atoms with Crippen LogP contribution in [0.1, 0.15) is 31.0 Å². The Bertz CT molecular complexity index is 941. The number of thiazole rings is 1. The van der Waals surface area contributed by atoms with E-state index in [1.54, 1.807) is 17.5 Å². The molecule has 1 aliphatic heterocycles. The molecule has 1 aliphatic rings. The third-order valence-electron chi connectivity index (χ3n) is 5.31. The lowest BCUT2D eigenvalue weighted by atomic mass is 10.1. The summed E-state index contributed by atoms with van der Waals surface area (Å²) in [5.41, 5.74) is 3.51. The second-order valence-electron chi connectivity index (χ2n) is 7.62. The van der Waals surface area contributed by atoms with Crippen molar-refractivity contribution in [2.45, 2.75) is 32.6 Å². The van der Waals surface area contributed by atoms with Crippen LogP contribution in [0.5, 0.6) is 0 Å². The van der Waals surface area contributed by atoms with Crippen molar-refractivity contribution in [3.05, 3.63) is 59.4 Å². The van der Waals surface area contributed by atoms with Gasteiger partial charge in [0.25, 0.3) is 0 Å². The van der Waals surface area contributed by atoms with Crippen LogP contribution in [0.25, 0.3) is 5.69 Å². The van der Waals surface area contributed by atoms with E-state index in [0.29, 0.717) is 0 Å². The van der Waals surface area contributed by atoms with E-state index >= 15 is 0 Å². The molecular weight excluding hydrogens is 406 g/mol. The van der Waals surface area contributed by atoms with Crippen LogP contribution in [0.15, 0.2) is 53.1 Å². The minimum absolute atomic E-state index is 0.733. The summed E-state index contributed by atoms with van der Waals surface area (Å²) in [4.78, 5) is 11.9. The molecule has 3 heterocycles. The van der Waals surface area contributed by atoms with Crippen molar-refractivity contribution < 1.29 is 0 Å². The summed E-state index contributed by atoms with van der Waals surface area (Å²) < 4.78 is 1.87. The first-order valence-electron chi connectivity index (χ1n) is 11.1. The number of anilines is 1. The Labute approximate surface area is 188 Å². The van der Waals surface area contributed by atoms with Gasteiger partial charge in [0, 0.05) is 56.9 Å². The predicted octanol–water partition coefficient (Wildman–Crippen LogP) is 3.27. The van der Waals surface area contributed by atoms with Crippen molar-refractivity contribution in [3.63, 3.8) is 0 Å². The number of nitrogens with one attached hydrogen (secondary N) is 2. The van der Waals surface area contributed by atoms with Crippen molar-refractivity contribution in [1.29, 1.82) is 0 Å². The van der Waals surface area contributed by atoms with Gasteiger partial charge in [-0.05, 0) is 49.9 Å². The summed E-state index contributed by atoms with van der Waals surface area (Å²) >= 11 is 1.76. The SMILES string of the molecule is CCNC(=NCCc1csc(N2CCCC2)n1)NCCc1ccc(-n2cccn2)cc1. The van der Waals surface area contributed by atoms with Crippen LogP contribution in [0.3, 0.4) is 0 Å². The van der Waals surface area contributed by atoms with Gasteiger partial charge < -0.3 is 15.5 Å². The zero-order chi connectivity index (χ0) is 21.3. The molecular formula is C23H31N7S. The Morgan fingerprint density at radius 1 is 1.13 bits per heavy atom. The Morgan fingerprint density at radius 2 is 1.97 bits per heavy atom. The maximum atomic E-state index is 4.79. The van der Waals surface area contributed by atoms with E-state index < -0.39 is 0 Å². The Kier molecular flexibility index (Phi) is 7.55. The van der Waals surface area contributed by atoms with E-state index in [4.69, 9.17) is 9.98 Å². The van der Waals surface area contributed by atoms with Gasteiger partial charge in [-0.15, -0.1) is 11.3 Å². The highest BCUT2D eigenvalue weighted by molar-refractivity contribution is 7.13. The first kappa shape index (κ1) is 21.4. The number of hydrogen-bond donors (Lipinski definition) is 2. The highest BCUT2D eigenvalue weighted by Gasteiger charge is 2.15. The average Bonchev–Trinajstić information content (AvgIpc) is 3.56. The molecule has 7 nitrogen and oxygen atoms in total. The van der Waals surface area contributed by atoms with Gasteiger partial charge in [0.1, 0.15) is 0 Å². The van der Waals surface area contributed by atoms with Crippen LogP contribution in [0, 0.1) is 0 Å². The van der Waals surface area contributed by atoms with Crippen LogP contribution in [0.2, 0.25) is 0 Å². The lowest BCUT2D eigenvalue weighted by Crippen LogP contribution is -2.38. The summed E-state index contributed by atoms with van der Waals surface area (Å²) in [5, 5.41) is 14.4. The van der Waals surface area contributed by atoms with Crippen molar-refractivity contribution in [2.75, 3.05) is 37.6 Å². The fourth-order valence-electron chi connectivity index (χ4n) is 3.65. The van der Waals surface area contributed by atoms with Gasteiger partial charge in [0.15, 0.2) is 11.1 Å². The summed E-state index contributed by atoms with van der Waals surface area (Å²) in [6.45, 7) is 6.80. The van der Waals surface area contributed by atoms with E-state index in [1.165, 1.54) is 23.5 Å². The lowest BCUT2D eigenvalue weighted by Gasteiger charge is -2.12. The second kappa shape index (κ2) is 10.9. The molecule has 0 atom stereocenters. The zero-order valence-corrected chi connectivity index (χ0v) is 18.9. The molecule has 8 heteroatoms. The van der Waals surface area contributed by atoms with Crippen molar-refractivity contribution >= 4 is 22.4 Å². The van der Waals surface area contributed by atoms with Gasteiger partial charge in [0.05, 0.1) is 11.4 Å². The molecule has 1 aromatic carbocycles. The molecule has 4 rings (SSSR count). The number of benzene rings is 1. The Balaban J connectivity index is 1.23. The van der Waals surface area contributed by atoms with Gasteiger partial charge in [-0.2, -0.15) is 5.10 Å². The molecule has 0 bridgehead atoms. The van der Waals surface area contributed by atoms with E-state index in [9.17, 15) is 0 Å². The fourth-order valence-corrected chi connectivity index (χ4v) is 4.56. The average molecular weight is 438 g/mol. The molecule has 0 radical (unpaired) electrons. The number of aromatic nitrogens is 3. The molecule has 0 aliphatic carbocycles. The summed E-state index contributed by atoms with van der Waals surface area (Å²) in [6, 6.07) is 10.4. The van der Waals surface area contributed by atoms with E-state index in [0.717, 1.165) is 62.9 Å². The van der Waals surface area contributed by atoms with Crippen LogP contribution in [-0.4, -0.2) is 53.4 Å². The largest absolute Gasteiger partial charge is 0.357 e. The second-order valence-corrected chi connectivity index (χ2v) is 8.46. The minimum Gasteiger partial charge on any atom is -0.357 e. The summed E-state index contributed by atoms with van der Waals surface area (Å²) in [5.74, 6) is 0.866. The molecule has 1 fully saturated rings. The van der Waals surface area contributed by atoms with Crippen molar-refractivity contribution in [2.24, 2.45) is 4.99 Å². The highest BCUT2D eigenvalue weighted by atomic mass is 32.1. The van der Waals surface area contributed by atoms with Gasteiger partial charge in [-0.25, -0.2) is 9.67 Å². The standard InChI is InChI=1S/C23H31N7S/c1-2-24-22(26-14-11-20-18-31-23(28-20)29-15-3-4-16-29)25-13-10-19-6-8-21(9-7-19)30-17-5-12-27-30/h5-9,12,17-18H,2-4,10-11,13-16H2,1H3,(H2,24,25,26). The Morgan fingerprint density at radius 3 is 2.71 bits per heavy atom. The minimum atomic E-state index is 0.733. The summed E-state index contributed by atoms with van der Waals surface area (Å²) in [6.07, 6.45) is 8.12. The molecule has 0 amide bonds. The molecule has 0 spiro atoms. The number of nitrogens with zero attached hydrogens (tertiary/aromatic N) is 5. The maximum Gasteiger partial charge on any atom is 0.191 e. The molecule has 0 saturated carbocycles. The highest BCUT2D eigenvalue weighted by Crippen LogP contribution is 2.24. The van der Waals surface area contributed by atoms with Crippen molar-refractivity contribution in [1.82, 2.24) is 25.4 Å². The van der Waals surface area contributed by atoms with Gasteiger partial charge in [-0.3, -0.25) is 4.99 Å². The number of rotatable bonds is 9. The van der Waals surface area contributed by atoms with E-state index in [2.05, 4.69) is 57.2 Å².